The summed E-state index contributed by atoms with van der Waals surface area (Å²) in [5, 5.41) is 9.20. The van der Waals surface area contributed by atoms with Crippen LogP contribution in [-0.4, -0.2) is 108 Å². The molecule has 2 aliphatic rings. The number of aryl methyl sites for hydroxylation is 2. The summed E-state index contributed by atoms with van der Waals surface area (Å²) in [5.74, 6) is 6.11. The van der Waals surface area contributed by atoms with Gasteiger partial charge in [-0.25, -0.2) is 0 Å². The van der Waals surface area contributed by atoms with Crippen LogP contribution >= 0.6 is 0 Å². The van der Waals surface area contributed by atoms with Gasteiger partial charge in [-0.2, -0.15) is 0 Å². The monoisotopic (exact) mass is 1160 g/mol. The number of azide groups is 1. The van der Waals surface area contributed by atoms with Crippen LogP contribution in [0.4, 0.5) is 11.4 Å². The van der Waals surface area contributed by atoms with E-state index in [0.29, 0.717) is 43.2 Å². The predicted molar refractivity (Wildman–Crippen MR) is 313 cm³/mol. The summed E-state index contributed by atoms with van der Waals surface area (Å²) >= 11 is 0. The maximum absolute atomic E-state index is 13.0. The van der Waals surface area contributed by atoms with Gasteiger partial charge < -0.3 is 29.7 Å². The topological polar surface area (TPSA) is 262 Å². The molecular formula is C60H82N7O12S2+. The summed E-state index contributed by atoms with van der Waals surface area (Å²) in [6.07, 6.45) is 18.0. The molecule has 4 unspecified atom stereocenters. The summed E-state index contributed by atoms with van der Waals surface area (Å²) in [6, 6.07) is 20.9. The average Bonchev–Trinajstić information content (AvgIpc) is 3.74. The zero-order valence-corrected chi connectivity index (χ0v) is 50.1. The second-order valence-electron chi connectivity index (χ2n) is 20.9. The fourth-order valence-corrected chi connectivity index (χ4v) is 10.1. The quantitative estimate of drug-likeness (QED) is 0.0147. The van der Waals surface area contributed by atoms with Crippen LogP contribution in [0.3, 0.4) is 0 Å². The molecule has 3 aromatic carbocycles. The first-order chi connectivity index (χ1) is 38.6. The largest absolute Gasteiger partial charge is 0.491 e. The molecule has 0 spiro atoms. The number of carbonyl (C=O) groups is 3. The molecule has 2 amide bonds. The van der Waals surface area contributed by atoms with Gasteiger partial charge in [0.1, 0.15) is 36.5 Å². The lowest BCUT2D eigenvalue weighted by Gasteiger charge is -2.30. The Morgan fingerprint density at radius 1 is 0.852 bits per heavy atom. The van der Waals surface area contributed by atoms with Crippen molar-refractivity contribution in [3.8, 4) is 17.6 Å². The van der Waals surface area contributed by atoms with Gasteiger partial charge in [-0.15, -0.1) is 25.3 Å². The number of fused-ring (bicyclic) bond motifs is 2. The molecule has 2 heterocycles. The Bertz CT molecular complexity index is 2980. The van der Waals surface area contributed by atoms with Gasteiger partial charge in [0.15, 0.2) is 6.23 Å². The highest BCUT2D eigenvalue weighted by Crippen LogP contribution is 2.51. The van der Waals surface area contributed by atoms with E-state index in [9.17, 15) is 14.4 Å². The molecule has 81 heavy (non-hydrogen) atoms. The Kier molecular flexibility index (Phi) is 30.2. The highest BCUT2D eigenvalue weighted by molar-refractivity contribution is 7.59. The molecule has 0 saturated heterocycles. The summed E-state index contributed by atoms with van der Waals surface area (Å²) in [6.45, 7) is 22.6. The fraction of sp³-hybridized carbons (Fsp3) is 0.517. The van der Waals surface area contributed by atoms with Crippen LogP contribution in [-0.2, 0) is 51.1 Å². The molecule has 2 aliphatic heterocycles. The van der Waals surface area contributed by atoms with Crippen molar-refractivity contribution in [1.29, 1.82) is 0 Å². The number of benzene rings is 3. The average molecular weight is 1160 g/mol. The van der Waals surface area contributed by atoms with E-state index in [0.717, 1.165) is 51.6 Å². The van der Waals surface area contributed by atoms with E-state index in [-0.39, 0.29) is 67.3 Å². The first-order valence-electron chi connectivity index (χ1n) is 27.6. The third kappa shape index (κ3) is 23.2. The van der Waals surface area contributed by atoms with Gasteiger partial charge in [-0.05, 0) is 126 Å². The molecule has 5 rings (SSSR count). The molecule has 0 aromatic heterocycles. The van der Waals surface area contributed by atoms with Crippen LogP contribution in [0.2, 0.25) is 0 Å². The Hall–Kier alpha value is -6.92. The lowest BCUT2D eigenvalue weighted by atomic mass is 9.76. The number of nitrogens with zero attached hydrogens (tertiary/aromatic N) is 4. The molecule has 0 saturated carbocycles. The van der Waals surface area contributed by atoms with Crippen molar-refractivity contribution < 1.29 is 58.7 Å². The summed E-state index contributed by atoms with van der Waals surface area (Å²) in [7, 11) is -6.22. The minimum atomic E-state index is -3.11. The molecule has 0 radical (unpaired) electrons. The maximum Gasteiger partial charge on any atom is 0.425 e. The van der Waals surface area contributed by atoms with Crippen LogP contribution in [0.15, 0.2) is 102 Å². The Balaban J connectivity index is 0.00000201. The number of hydrogen-bond acceptors (Lipinski definition) is 14. The molecule has 21 heteroatoms. The number of allylic oxidation sites excluding steroid dienone is 5. The summed E-state index contributed by atoms with van der Waals surface area (Å²) in [5.41, 5.74) is 18.8. The third-order valence-electron chi connectivity index (χ3n) is 13.8. The van der Waals surface area contributed by atoms with Crippen molar-refractivity contribution in [2.24, 2.45) is 11.0 Å². The number of quaternary nitrogens is 1. The minimum absolute atomic E-state index is 0.0397. The molecular weight excluding hydrogens is 1070 g/mol. The van der Waals surface area contributed by atoms with Crippen molar-refractivity contribution in [1.82, 2.24) is 10.6 Å². The summed E-state index contributed by atoms with van der Waals surface area (Å²) in [4.78, 5) is 44.8. The number of carbonyl (C=O) groups excluding carboxylic acids is 3. The van der Waals surface area contributed by atoms with Gasteiger partial charge in [0.25, 0.3) is 5.91 Å². The van der Waals surface area contributed by atoms with Crippen molar-refractivity contribution in [2.45, 2.75) is 143 Å². The zero-order chi connectivity index (χ0) is 60.0. The fourth-order valence-electron chi connectivity index (χ4n) is 10.1. The van der Waals surface area contributed by atoms with E-state index < -0.39 is 27.4 Å². The number of hydrogen-bond donors (Lipinski definition) is 3. The van der Waals surface area contributed by atoms with E-state index in [1.165, 1.54) is 39.3 Å². The van der Waals surface area contributed by atoms with E-state index in [1.54, 1.807) is 29.2 Å². The Morgan fingerprint density at radius 3 is 2.22 bits per heavy atom. The Labute approximate surface area is 481 Å². The van der Waals surface area contributed by atoms with Crippen LogP contribution in [0, 0.1) is 31.6 Å². The van der Waals surface area contributed by atoms with Crippen LogP contribution < -0.4 is 25.2 Å². The first kappa shape index (κ1) is 68.4. The van der Waals surface area contributed by atoms with Crippen LogP contribution in [0.5, 0.6) is 5.75 Å². The van der Waals surface area contributed by atoms with Gasteiger partial charge in [0.2, 0.25) is 5.91 Å². The Morgan fingerprint density at radius 2 is 1.54 bits per heavy atom. The number of unbranched alkanes of at least 4 members (excludes halogenated alkanes) is 2. The van der Waals surface area contributed by atoms with Gasteiger partial charge >= 0.3 is 21.2 Å². The highest BCUT2D eigenvalue weighted by Gasteiger charge is 2.47. The second-order valence-corrected chi connectivity index (χ2v) is 21.7. The first-order valence-corrected chi connectivity index (χ1v) is 29.6. The van der Waals surface area contributed by atoms with Crippen molar-refractivity contribution in [3.05, 3.63) is 135 Å². The molecule has 19 nitrogen and oxygen atoms in total. The van der Waals surface area contributed by atoms with Crippen molar-refractivity contribution >= 4 is 50.2 Å². The highest BCUT2D eigenvalue weighted by atomic mass is 32.2. The van der Waals surface area contributed by atoms with Crippen molar-refractivity contribution in [2.75, 3.05) is 57.5 Å². The number of anilines is 1. The van der Waals surface area contributed by atoms with Crippen LogP contribution in [0.1, 0.15) is 139 Å². The maximum atomic E-state index is 13.0. The number of Topliss-reactive ketones (excluding diaryl/α,β-unsaturated/α-hetero) is 1. The van der Waals surface area contributed by atoms with E-state index in [2.05, 4.69) is 153 Å². The lowest BCUT2D eigenvalue weighted by molar-refractivity contribution is -0.850. The number of amides is 2. The lowest BCUT2D eigenvalue weighted by Crippen LogP contribution is -3.10. The van der Waals surface area contributed by atoms with Gasteiger partial charge in [0.05, 0.1) is 31.7 Å². The van der Waals surface area contributed by atoms with E-state index in [1.807, 2.05) is 13.8 Å². The number of ether oxygens (including phenoxy) is 3. The van der Waals surface area contributed by atoms with Gasteiger partial charge in [-0.3, -0.25) is 19.3 Å². The molecule has 440 valence electrons. The SMILES string of the molecule is CCCN1\C(=C/C=C/C=C/C2[NH+](CCC)c3ccc(C)cc3C2(C)C)C(C)(CCCCCC(=O)CCCNC(=O)c2cccc(OCC(N=[N+]=[N-])OCCOCC(=O)NCC#CC(C)C)c2)c2cc(C)ccc21.O=S(=O)=O.O=S(=O)=O. The molecule has 3 aromatic rings. The van der Waals surface area contributed by atoms with E-state index in [4.69, 9.17) is 45.0 Å². The number of ketones is 1. The molecule has 3 N–H and O–H groups in total. The minimum Gasteiger partial charge on any atom is -0.491 e. The van der Waals surface area contributed by atoms with E-state index >= 15 is 0 Å². The number of rotatable bonds is 29. The second kappa shape index (κ2) is 35.7. The summed E-state index contributed by atoms with van der Waals surface area (Å²) < 4.78 is 67.4. The smallest absolute Gasteiger partial charge is 0.425 e. The van der Waals surface area contributed by atoms with Gasteiger partial charge in [-0.1, -0.05) is 111 Å². The third-order valence-corrected chi connectivity index (χ3v) is 13.8. The zero-order valence-electron chi connectivity index (χ0n) is 48.4. The van der Waals surface area contributed by atoms with Gasteiger partial charge in [0, 0.05) is 64.7 Å². The number of nitrogens with one attached hydrogen (secondary N) is 3. The molecule has 0 bridgehead atoms. The van der Waals surface area contributed by atoms with Crippen molar-refractivity contribution in [3.63, 3.8) is 0 Å². The standard InChI is InChI=1S/C60H81N7O6.2O3S/c1-10-35-66-52-30-28-45(5)39-50(52)59(7,8)54(66)26-15-12-16-27-55-60(9,51-40-46(6)29-31-53(51)67(55)36-11-2)32-17-13-14-23-48(68)24-20-34-63-58(70)47-22-18-25-49(41-47)73-43-57(64-65-61)72-38-37-71-42-56(69)62-33-19-21-44(3)4;2*1-4(2)3/h12,15-16,18,22,25-31,39-41,44,54,57H,10-11,13-14,17,20,23-24,32-38,42-43H2,1-9H3,(H,62,69)(H,63,70);;/p+1/b16-12+,26-15+,55-27-;;. The normalized spacial score (nSPS) is 17.4. The molecule has 4 atom stereocenters. The molecule has 0 aliphatic carbocycles. The van der Waals surface area contributed by atoms with Crippen LogP contribution in [0.25, 0.3) is 10.4 Å². The molecule has 0 fully saturated rings. The predicted octanol–water partition coefficient (Wildman–Crippen LogP) is 8.62.